The number of fused-ring (bicyclic) bond motifs is 1. The lowest BCUT2D eigenvalue weighted by molar-refractivity contribution is 0.0940. The molecule has 1 amide bonds. The van der Waals surface area contributed by atoms with Gasteiger partial charge in [0.1, 0.15) is 5.52 Å². The van der Waals surface area contributed by atoms with Gasteiger partial charge in [-0.2, -0.15) is 4.68 Å². The van der Waals surface area contributed by atoms with Crippen LogP contribution in [0.5, 0.6) is 0 Å². The van der Waals surface area contributed by atoms with Crippen LogP contribution in [0.4, 0.5) is 0 Å². The number of amides is 1. The fourth-order valence-electron chi connectivity index (χ4n) is 3.01. The first-order chi connectivity index (χ1) is 13.1. The summed E-state index contributed by atoms with van der Waals surface area (Å²) in [5.41, 5.74) is 4.78. The van der Waals surface area contributed by atoms with E-state index in [0.717, 1.165) is 16.8 Å². The molecule has 0 spiro atoms. The van der Waals surface area contributed by atoms with Crippen LogP contribution in [-0.2, 0) is 0 Å². The van der Waals surface area contributed by atoms with Crippen LogP contribution in [0.1, 0.15) is 34.5 Å². The number of aromatic nitrogens is 4. The predicted molar refractivity (Wildman–Crippen MR) is 104 cm³/mol. The number of hydrogen-bond acceptors (Lipinski definition) is 4. The molecule has 0 saturated heterocycles. The Bertz CT molecular complexity index is 1100. The zero-order chi connectivity index (χ0) is 18.8. The van der Waals surface area contributed by atoms with Gasteiger partial charge in [0.15, 0.2) is 5.65 Å². The van der Waals surface area contributed by atoms with Crippen molar-refractivity contribution < 1.29 is 4.79 Å². The minimum Gasteiger partial charge on any atom is -0.346 e. The second-order valence-corrected chi connectivity index (χ2v) is 6.45. The monoisotopic (exact) mass is 357 g/mol. The Kier molecular flexibility index (Phi) is 4.38. The van der Waals surface area contributed by atoms with Crippen molar-refractivity contribution in [2.75, 3.05) is 0 Å². The van der Waals surface area contributed by atoms with Gasteiger partial charge in [0.05, 0.1) is 11.7 Å². The van der Waals surface area contributed by atoms with Gasteiger partial charge in [-0.3, -0.25) is 4.79 Å². The minimum absolute atomic E-state index is 0.0858. The highest BCUT2D eigenvalue weighted by Gasteiger charge is 2.15. The van der Waals surface area contributed by atoms with Crippen molar-refractivity contribution >= 4 is 17.1 Å². The lowest BCUT2D eigenvalue weighted by Crippen LogP contribution is -2.26. The van der Waals surface area contributed by atoms with E-state index in [1.807, 2.05) is 74.5 Å². The quantitative estimate of drug-likeness (QED) is 0.605. The van der Waals surface area contributed by atoms with Crippen molar-refractivity contribution in [3.63, 3.8) is 0 Å². The molecule has 2 heterocycles. The van der Waals surface area contributed by atoms with E-state index in [2.05, 4.69) is 20.6 Å². The average Bonchev–Trinajstić information content (AvgIpc) is 3.13. The predicted octanol–water partition coefficient (Wildman–Crippen LogP) is 3.61. The summed E-state index contributed by atoms with van der Waals surface area (Å²) in [6, 6.07) is 19.0. The van der Waals surface area contributed by atoms with Crippen molar-refractivity contribution in [3.8, 4) is 5.69 Å². The number of carbonyl (C=O) groups is 1. The smallest absolute Gasteiger partial charge is 0.251 e. The first-order valence-electron chi connectivity index (χ1n) is 8.77. The molecule has 2 aromatic carbocycles. The minimum atomic E-state index is -0.134. The van der Waals surface area contributed by atoms with Crippen LogP contribution in [-0.4, -0.2) is 25.9 Å². The number of nitrogens with zero attached hydrogens (tertiary/aromatic N) is 4. The van der Waals surface area contributed by atoms with Crippen LogP contribution in [0.2, 0.25) is 0 Å². The van der Waals surface area contributed by atoms with Crippen LogP contribution in [0, 0.1) is 6.92 Å². The van der Waals surface area contributed by atoms with Gasteiger partial charge in [-0.05, 0) is 49.2 Å². The molecule has 27 heavy (non-hydrogen) atoms. The van der Waals surface area contributed by atoms with Gasteiger partial charge in [-0.25, -0.2) is 4.98 Å². The van der Waals surface area contributed by atoms with Crippen LogP contribution in [0.3, 0.4) is 0 Å². The Morgan fingerprint density at radius 2 is 1.89 bits per heavy atom. The van der Waals surface area contributed by atoms with E-state index in [1.165, 1.54) is 0 Å². The maximum absolute atomic E-state index is 12.8. The van der Waals surface area contributed by atoms with Gasteiger partial charge >= 0.3 is 0 Å². The zero-order valence-corrected chi connectivity index (χ0v) is 15.1. The third-order valence-electron chi connectivity index (χ3n) is 4.56. The molecule has 0 saturated carbocycles. The number of benzene rings is 2. The summed E-state index contributed by atoms with van der Waals surface area (Å²) in [5.74, 6) is -0.134. The summed E-state index contributed by atoms with van der Waals surface area (Å²) >= 11 is 0. The Morgan fingerprint density at radius 3 is 2.70 bits per heavy atom. The Balaban J connectivity index is 1.65. The molecule has 0 aliphatic heterocycles. The summed E-state index contributed by atoms with van der Waals surface area (Å²) in [4.78, 5) is 17.1. The number of carbonyl (C=O) groups excluding carboxylic acids is 1. The largest absolute Gasteiger partial charge is 0.346 e. The molecule has 2 aromatic heterocycles. The van der Waals surface area contributed by atoms with Gasteiger partial charge in [0, 0.05) is 11.8 Å². The van der Waals surface area contributed by atoms with E-state index < -0.39 is 0 Å². The number of aryl methyl sites for hydroxylation is 1. The van der Waals surface area contributed by atoms with Crippen molar-refractivity contribution in [3.05, 3.63) is 83.6 Å². The van der Waals surface area contributed by atoms with E-state index in [0.29, 0.717) is 16.7 Å². The van der Waals surface area contributed by atoms with E-state index in [1.54, 1.807) is 10.9 Å². The molecular formula is C21H19N5O. The number of pyridine rings is 1. The van der Waals surface area contributed by atoms with E-state index >= 15 is 0 Å². The SMILES string of the molecule is Cc1ccc(C(=O)N[C@@H](C)c2ccccc2)cc1-n1nnc2cccnc21. The fourth-order valence-corrected chi connectivity index (χ4v) is 3.01. The summed E-state index contributed by atoms with van der Waals surface area (Å²) in [6.07, 6.45) is 1.70. The summed E-state index contributed by atoms with van der Waals surface area (Å²) in [7, 11) is 0. The van der Waals surface area contributed by atoms with E-state index in [4.69, 9.17) is 0 Å². The molecule has 4 rings (SSSR count). The molecule has 0 aliphatic carbocycles. The summed E-state index contributed by atoms with van der Waals surface area (Å²) in [5, 5.41) is 11.4. The summed E-state index contributed by atoms with van der Waals surface area (Å²) < 4.78 is 1.67. The third-order valence-corrected chi connectivity index (χ3v) is 4.56. The molecule has 0 aliphatic rings. The molecule has 1 N–H and O–H groups in total. The molecule has 0 unspecified atom stereocenters. The third kappa shape index (κ3) is 3.29. The van der Waals surface area contributed by atoms with Crippen molar-refractivity contribution in [2.45, 2.75) is 19.9 Å². The molecule has 0 radical (unpaired) electrons. The maximum atomic E-state index is 12.8. The van der Waals surface area contributed by atoms with Crippen LogP contribution in [0.15, 0.2) is 66.9 Å². The second kappa shape index (κ2) is 6.99. The molecule has 4 aromatic rings. The highest BCUT2D eigenvalue weighted by Crippen LogP contribution is 2.20. The Morgan fingerprint density at radius 1 is 1.07 bits per heavy atom. The van der Waals surface area contributed by atoms with Crippen LogP contribution < -0.4 is 5.32 Å². The van der Waals surface area contributed by atoms with Crippen molar-refractivity contribution in [1.82, 2.24) is 25.3 Å². The Labute approximate surface area is 156 Å². The zero-order valence-electron chi connectivity index (χ0n) is 15.1. The second-order valence-electron chi connectivity index (χ2n) is 6.45. The van der Waals surface area contributed by atoms with Gasteiger partial charge in [0.25, 0.3) is 5.91 Å². The maximum Gasteiger partial charge on any atom is 0.251 e. The lowest BCUT2D eigenvalue weighted by Gasteiger charge is -2.15. The molecule has 6 heteroatoms. The molecular weight excluding hydrogens is 338 g/mol. The van der Waals surface area contributed by atoms with Gasteiger partial charge < -0.3 is 5.32 Å². The lowest BCUT2D eigenvalue weighted by atomic mass is 10.1. The number of nitrogens with one attached hydrogen (secondary N) is 1. The van der Waals surface area contributed by atoms with E-state index in [-0.39, 0.29) is 11.9 Å². The van der Waals surface area contributed by atoms with Crippen LogP contribution >= 0.6 is 0 Å². The van der Waals surface area contributed by atoms with Gasteiger partial charge in [-0.1, -0.05) is 41.6 Å². The Hall–Kier alpha value is -3.54. The first kappa shape index (κ1) is 16.9. The van der Waals surface area contributed by atoms with Crippen molar-refractivity contribution in [1.29, 1.82) is 0 Å². The molecule has 0 bridgehead atoms. The fraction of sp³-hybridized carbons (Fsp3) is 0.143. The molecule has 134 valence electrons. The van der Waals surface area contributed by atoms with Crippen LogP contribution in [0.25, 0.3) is 16.9 Å². The number of rotatable bonds is 4. The van der Waals surface area contributed by atoms with Crippen molar-refractivity contribution in [2.24, 2.45) is 0 Å². The molecule has 6 nitrogen and oxygen atoms in total. The normalized spacial score (nSPS) is 12.1. The van der Waals surface area contributed by atoms with E-state index in [9.17, 15) is 4.79 Å². The standard InChI is InChI=1S/C21H19N5O/c1-14-10-11-17(21(27)23-15(2)16-7-4-3-5-8-16)13-19(14)26-20-18(24-25-26)9-6-12-22-20/h3-13,15H,1-2H3,(H,23,27)/t15-/m0/s1. The van der Waals surface area contributed by atoms with Gasteiger partial charge in [-0.15, -0.1) is 5.10 Å². The highest BCUT2D eigenvalue weighted by atomic mass is 16.1. The first-order valence-corrected chi connectivity index (χ1v) is 8.77. The molecule has 0 fully saturated rings. The molecule has 1 atom stereocenters. The average molecular weight is 357 g/mol. The van der Waals surface area contributed by atoms with Gasteiger partial charge in [0.2, 0.25) is 0 Å². The summed E-state index contributed by atoms with van der Waals surface area (Å²) in [6.45, 7) is 3.94. The highest BCUT2D eigenvalue weighted by molar-refractivity contribution is 5.95. The number of hydrogen-bond donors (Lipinski definition) is 1. The topological polar surface area (TPSA) is 72.7 Å².